The predicted octanol–water partition coefficient (Wildman–Crippen LogP) is 3.70. The van der Waals surface area contributed by atoms with Crippen LogP contribution in [0.4, 0.5) is 4.39 Å². The molecule has 3 rings (SSSR count). The second-order valence-electron chi connectivity index (χ2n) is 7.23. The molecule has 1 fully saturated rings. The number of hydrogen-bond acceptors (Lipinski definition) is 4. The molecular formula is C21H27FN2O3. The minimum absolute atomic E-state index is 0.0148. The van der Waals surface area contributed by atoms with Gasteiger partial charge in [-0.1, -0.05) is 6.92 Å². The first-order chi connectivity index (χ1) is 13.0. The van der Waals surface area contributed by atoms with Crippen LogP contribution in [0.1, 0.15) is 37.3 Å². The second kappa shape index (κ2) is 9.04. The van der Waals surface area contributed by atoms with E-state index in [9.17, 15) is 9.18 Å². The number of piperidine rings is 1. The highest BCUT2D eigenvalue weighted by Crippen LogP contribution is 2.27. The van der Waals surface area contributed by atoms with Crippen LogP contribution < -0.4 is 10.1 Å². The Kier molecular flexibility index (Phi) is 6.50. The Hall–Kier alpha value is -2.34. The average Bonchev–Trinajstić information content (AvgIpc) is 3.09. The SMILES string of the molecule is Cc1ccc([C@@H](CNC(=O)COc2ccc(F)cc2)N2CCC(C)CC2)o1. The first-order valence-electron chi connectivity index (χ1n) is 9.46. The minimum Gasteiger partial charge on any atom is -0.484 e. The van der Waals surface area contributed by atoms with E-state index in [2.05, 4.69) is 17.1 Å². The van der Waals surface area contributed by atoms with Crippen LogP contribution in [0.5, 0.6) is 5.75 Å². The third kappa shape index (κ3) is 5.57. The van der Waals surface area contributed by atoms with Gasteiger partial charge in [-0.05, 0) is 75.2 Å². The van der Waals surface area contributed by atoms with Crippen LogP contribution in [0.2, 0.25) is 0 Å². The Balaban J connectivity index is 1.55. The smallest absolute Gasteiger partial charge is 0.258 e. The molecule has 2 heterocycles. The molecule has 0 spiro atoms. The lowest BCUT2D eigenvalue weighted by Gasteiger charge is -2.35. The van der Waals surface area contributed by atoms with Gasteiger partial charge in [0.2, 0.25) is 0 Å². The first-order valence-corrected chi connectivity index (χ1v) is 9.46. The number of rotatable bonds is 7. The van der Waals surface area contributed by atoms with Crippen LogP contribution in [0.15, 0.2) is 40.8 Å². The zero-order valence-electron chi connectivity index (χ0n) is 15.9. The van der Waals surface area contributed by atoms with Crippen LogP contribution in [-0.4, -0.2) is 37.0 Å². The van der Waals surface area contributed by atoms with Crippen molar-refractivity contribution in [3.05, 3.63) is 53.7 Å². The first kappa shape index (κ1) is 19.4. The maximum Gasteiger partial charge on any atom is 0.258 e. The fourth-order valence-electron chi connectivity index (χ4n) is 3.32. The van der Waals surface area contributed by atoms with Crippen LogP contribution in [0.25, 0.3) is 0 Å². The Morgan fingerprint density at radius 1 is 1.26 bits per heavy atom. The van der Waals surface area contributed by atoms with E-state index in [1.807, 2.05) is 19.1 Å². The van der Waals surface area contributed by atoms with Crippen molar-refractivity contribution in [3.63, 3.8) is 0 Å². The van der Waals surface area contributed by atoms with Gasteiger partial charge < -0.3 is 14.5 Å². The number of carbonyl (C=O) groups is 1. The maximum atomic E-state index is 12.9. The number of furan rings is 1. The van der Waals surface area contributed by atoms with Crippen molar-refractivity contribution in [2.24, 2.45) is 5.92 Å². The molecule has 1 aromatic heterocycles. The molecular weight excluding hydrogens is 347 g/mol. The van der Waals surface area contributed by atoms with Crippen LogP contribution in [0, 0.1) is 18.7 Å². The van der Waals surface area contributed by atoms with Gasteiger partial charge in [-0.15, -0.1) is 0 Å². The van der Waals surface area contributed by atoms with Gasteiger partial charge in [-0.2, -0.15) is 0 Å². The second-order valence-corrected chi connectivity index (χ2v) is 7.23. The number of benzene rings is 1. The van der Waals surface area contributed by atoms with Gasteiger partial charge in [-0.3, -0.25) is 9.69 Å². The molecule has 6 heteroatoms. The molecule has 0 aliphatic carbocycles. The highest BCUT2D eigenvalue weighted by atomic mass is 19.1. The number of aryl methyl sites for hydroxylation is 1. The number of hydrogen-bond donors (Lipinski definition) is 1. The van der Waals surface area contributed by atoms with Gasteiger partial charge in [0.15, 0.2) is 6.61 Å². The molecule has 1 aliphatic heterocycles. The molecule has 27 heavy (non-hydrogen) atoms. The topological polar surface area (TPSA) is 54.7 Å². The summed E-state index contributed by atoms with van der Waals surface area (Å²) in [5.41, 5.74) is 0. The zero-order valence-corrected chi connectivity index (χ0v) is 15.9. The van der Waals surface area contributed by atoms with E-state index in [-0.39, 0.29) is 24.4 Å². The lowest BCUT2D eigenvalue weighted by Crippen LogP contribution is -2.42. The summed E-state index contributed by atoms with van der Waals surface area (Å²) >= 11 is 0. The summed E-state index contributed by atoms with van der Waals surface area (Å²) in [7, 11) is 0. The Morgan fingerprint density at radius 3 is 2.59 bits per heavy atom. The van der Waals surface area contributed by atoms with Crippen molar-refractivity contribution in [2.45, 2.75) is 32.7 Å². The summed E-state index contributed by atoms with van der Waals surface area (Å²) in [4.78, 5) is 14.6. The molecule has 1 N–H and O–H groups in total. The standard InChI is InChI=1S/C21H27FN2O3/c1-15-9-11-24(12-10-15)19(20-8-3-16(2)27-20)13-23-21(25)14-26-18-6-4-17(22)5-7-18/h3-8,15,19H,9-14H2,1-2H3,(H,23,25)/t19-/m1/s1. The zero-order chi connectivity index (χ0) is 19.2. The summed E-state index contributed by atoms with van der Waals surface area (Å²) in [6.07, 6.45) is 2.30. The molecule has 0 radical (unpaired) electrons. The minimum atomic E-state index is -0.334. The fraction of sp³-hybridized carbons (Fsp3) is 0.476. The number of carbonyl (C=O) groups excluding carboxylic acids is 1. The summed E-state index contributed by atoms with van der Waals surface area (Å²) in [5.74, 6) is 2.40. The van der Waals surface area contributed by atoms with Crippen molar-refractivity contribution in [1.29, 1.82) is 0 Å². The molecule has 2 aromatic rings. The Morgan fingerprint density at radius 2 is 1.96 bits per heavy atom. The number of likely N-dealkylation sites (tertiary alicyclic amines) is 1. The van der Waals surface area contributed by atoms with E-state index in [4.69, 9.17) is 9.15 Å². The number of nitrogens with zero attached hydrogens (tertiary/aromatic N) is 1. The molecule has 0 bridgehead atoms. The van der Waals surface area contributed by atoms with Crippen LogP contribution >= 0.6 is 0 Å². The molecule has 5 nitrogen and oxygen atoms in total. The molecule has 0 unspecified atom stereocenters. The van der Waals surface area contributed by atoms with Gasteiger partial charge in [0, 0.05) is 6.54 Å². The number of amides is 1. The van der Waals surface area contributed by atoms with E-state index < -0.39 is 0 Å². The van der Waals surface area contributed by atoms with Gasteiger partial charge in [0.1, 0.15) is 23.1 Å². The Bertz CT molecular complexity index is 736. The maximum absolute atomic E-state index is 12.9. The lowest BCUT2D eigenvalue weighted by atomic mass is 9.97. The lowest BCUT2D eigenvalue weighted by molar-refractivity contribution is -0.123. The molecule has 1 aromatic carbocycles. The fourth-order valence-corrected chi connectivity index (χ4v) is 3.32. The summed E-state index contributed by atoms with van der Waals surface area (Å²) in [6.45, 7) is 6.55. The molecule has 0 saturated carbocycles. The monoisotopic (exact) mass is 374 g/mol. The number of nitrogens with one attached hydrogen (secondary N) is 1. The molecule has 1 saturated heterocycles. The van der Waals surface area contributed by atoms with Crippen LogP contribution in [-0.2, 0) is 4.79 Å². The van der Waals surface area contributed by atoms with Crippen LogP contribution in [0.3, 0.4) is 0 Å². The summed E-state index contributed by atoms with van der Waals surface area (Å²) in [6, 6.07) is 9.58. The summed E-state index contributed by atoms with van der Waals surface area (Å²) in [5, 5.41) is 2.94. The third-order valence-corrected chi connectivity index (χ3v) is 5.02. The largest absolute Gasteiger partial charge is 0.484 e. The van der Waals surface area contributed by atoms with Crippen molar-refractivity contribution >= 4 is 5.91 Å². The summed E-state index contributed by atoms with van der Waals surface area (Å²) < 4.78 is 24.2. The number of halogens is 1. The Labute approximate surface area is 159 Å². The normalized spacial score (nSPS) is 16.9. The van der Waals surface area contributed by atoms with E-state index in [1.165, 1.54) is 24.3 Å². The molecule has 1 amide bonds. The van der Waals surface area contributed by atoms with Crippen molar-refractivity contribution in [1.82, 2.24) is 10.2 Å². The predicted molar refractivity (Wildman–Crippen MR) is 101 cm³/mol. The van der Waals surface area contributed by atoms with Crippen molar-refractivity contribution in [2.75, 3.05) is 26.2 Å². The van der Waals surface area contributed by atoms with Crippen molar-refractivity contribution < 1.29 is 18.3 Å². The van der Waals surface area contributed by atoms with E-state index in [0.717, 1.165) is 43.4 Å². The van der Waals surface area contributed by atoms with Gasteiger partial charge in [-0.25, -0.2) is 4.39 Å². The quantitative estimate of drug-likeness (QED) is 0.803. The molecule has 1 aliphatic rings. The third-order valence-electron chi connectivity index (χ3n) is 5.02. The highest BCUT2D eigenvalue weighted by Gasteiger charge is 2.27. The highest BCUT2D eigenvalue weighted by molar-refractivity contribution is 5.77. The van der Waals surface area contributed by atoms with Crippen molar-refractivity contribution in [3.8, 4) is 5.75 Å². The van der Waals surface area contributed by atoms with Gasteiger partial charge >= 0.3 is 0 Å². The molecule has 146 valence electrons. The van der Waals surface area contributed by atoms with E-state index >= 15 is 0 Å². The number of ether oxygens (including phenoxy) is 1. The van der Waals surface area contributed by atoms with Gasteiger partial charge in [0.05, 0.1) is 6.04 Å². The van der Waals surface area contributed by atoms with E-state index in [0.29, 0.717) is 12.3 Å². The average molecular weight is 374 g/mol. The van der Waals surface area contributed by atoms with Gasteiger partial charge in [0.25, 0.3) is 5.91 Å². The van der Waals surface area contributed by atoms with E-state index in [1.54, 1.807) is 0 Å². The molecule has 1 atom stereocenters.